The molecule has 7 aromatic rings. The van der Waals surface area contributed by atoms with Gasteiger partial charge in [-0.25, -0.2) is 33.6 Å². The van der Waals surface area contributed by atoms with Crippen molar-refractivity contribution < 1.29 is 85.7 Å². The third kappa shape index (κ3) is 14.2. The second-order valence-electron chi connectivity index (χ2n) is 18.5. The maximum absolute atomic E-state index is 14.4. The summed E-state index contributed by atoms with van der Waals surface area (Å²) in [5.41, 5.74) is 0.600. The topological polar surface area (TPSA) is 221 Å². The zero-order chi connectivity index (χ0) is 57.3. The van der Waals surface area contributed by atoms with Gasteiger partial charge in [0.05, 0.1) is 52.2 Å². The number of esters is 7. The molecular weight excluding hydrogens is 1060 g/mol. The van der Waals surface area contributed by atoms with Crippen molar-refractivity contribution in [3.05, 3.63) is 264 Å². The third-order valence-electron chi connectivity index (χ3n) is 13.0. The maximum atomic E-state index is 14.4. The van der Waals surface area contributed by atoms with Crippen LogP contribution in [0.25, 0.3) is 0 Å². The second-order valence-corrected chi connectivity index (χ2v) is 18.5. The van der Waals surface area contributed by atoms with Gasteiger partial charge < -0.3 is 52.1 Å². The molecule has 2 fully saturated rings. The number of hydrogen-bond acceptors (Lipinski definition) is 18. The van der Waals surface area contributed by atoms with Gasteiger partial charge in [-0.2, -0.15) is 0 Å². The third-order valence-corrected chi connectivity index (χ3v) is 13.0. The number of carbonyl (C=O) groups excluding carboxylic acids is 7. The van der Waals surface area contributed by atoms with Crippen LogP contribution in [0.1, 0.15) is 72.5 Å². The molecule has 0 spiro atoms. The lowest BCUT2D eigenvalue weighted by Gasteiger charge is -2.44. The van der Waals surface area contributed by atoms with Gasteiger partial charge in [-0.1, -0.05) is 133 Å². The molecule has 9 rings (SSSR count). The Morgan fingerprint density at radius 1 is 0.390 bits per heavy atom. The Morgan fingerprint density at radius 3 is 1.13 bits per heavy atom. The molecule has 0 N–H and O–H groups in total. The highest BCUT2D eigenvalue weighted by Crippen LogP contribution is 2.40. The first-order chi connectivity index (χ1) is 40.0. The first-order valence-corrected chi connectivity index (χ1v) is 25.9. The minimum absolute atomic E-state index is 0.0374. The van der Waals surface area contributed by atoms with Crippen LogP contribution in [0.3, 0.4) is 0 Å². The summed E-state index contributed by atoms with van der Waals surface area (Å²) >= 11 is 0. The van der Waals surface area contributed by atoms with E-state index in [4.69, 9.17) is 52.1 Å². The number of carbonyl (C=O) groups is 7. The first kappa shape index (κ1) is 57.1. The fourth-order valence-corrected chi connectivity index (χ4v) is 8.93. The summed E-state index contributed by atoms with van der Waals surface area (Å²) in [5.74, 6) is -8.64. The minimum atomic E-state index is -2.30. The summed E-state index contributed by atoms with van der Waals surface area (Å²) in [5, 5.41) is 0. The average Bonchev–Trinajstić information content (AvgIpc) is 4.07. The summed E-state index contributed by atoms with van der Waals surface area (Å²) in [6, 6.07) is 55.1. The quantitative estimate of drug-likeness (QED) is 0.0351. The van der Waals surface area contributed by atoms with Crippen LogP contribution < -0.4 is 0 Å². The largest absolute Gasteiger partial charge is 0.459 e. The molecule has 0 radical (unpaired) electrons. The van der Waals surface area contributed by atoms with Crippen molar-refractivity contribution in [1.82, 2.24) is 0 Å². The fraction of sp³-hybridized carbons (Fsp3) is 0.203. The highest BCUT2D eigenvalue weighted by Gasteiger charge is 2.62. The lowest BCUT2D eigenvalue weighted by Crippen LogP contribution is -2.63. The van der Waals surface area contributed by atoms with Crippen molar-refractivity contribution in [3.63, 3.8) is 0 Å². The number of ether oxygens (including phenoxy) is 11. The molecule has 9 atom stereocenters. The second kappa shape index (κ2) is 27.5. The average molecular weight is 1110 g/mol. The Balaban J connectivity index is 1.14. The molecule has 0 amide bonds. The van der Waals surface area contributed by atoms with Crippen LogP contribution in [0.2, 0.25) is 0 Å². The predicted molar refractivity (Wildman–Crippen MR) is 290 cm³/mol. The summed E-state index contributed by atoms with van der Waals surface area (Å²) in [4.78, 5) is 98.8. The van der Waals surface area contributed by atoms with Gasteiger partial charge in [0.2, 0.25) is 5.79 Å². The predicted octanol–water partition coefficient (Wildman–Crippen LogP) is 8.87. The van der Waals surface area contributed by atoms with Crippen molar-refractivity contribution in [1.29, 1.82) is 0 Å². The Kier molecular flexibility index (Phi) is 19.2. The molecular formula is C64H54O18. The molecule has 0 bridgehead atoms. The lowest BCUT2D eigenvalue weighted by atomic mass is 9.97. The van der Waals surface area contributed by atoms with E-state index in [1.807, 2.05) is 0 Å². The van der Waals surface area contributed by atoms with E-state index in [0.29, 0.717) is 0 Å². The number of benzene rings is 7. The molecule has 0 saturated carbocycles. The van der Waals surface area contributed by atoms with Crippen molar-refractivity contribution in [2.45, 2.75) is 54.8 Å². The van der Waals surface area contributed by atoms with Crippen molar-refractivity contribution in [3.8, 4) is 0 Å². The highest BCUT2D eigenvalue weighted by atomic mass is 16.8. The number of rotatable bonds is 22. The Morgan fingerprint density at radius 2 is 0.732 bits per heavy atom. The van der Waals surface area contributed by atoms with Crippen LogP contribution in [0.5, 0.6) is 0 Å². The molecule has 418 valence electrons. The summed E-state index contributed by atoms with van der Waals surface area (Å²) in [6.07, 6.45) is -12.5. The van der Waals surface area contributed by atoms with Crippen molar-refractivity contribution in [2.75, 3.05) is 26.4 Å². The molecule has 2 heterocycles. The van der Waals surface area contributed by atoms with E-state index in [-0.39, 0.29) is 45.6 Å². The van der Waals surface area contributed by atoms with Gasteiger partial charge in [0.1, 0.15) is 25.4 Å². The van der Waals surface area contributed by atoms with E-state index in [1.165, 1.54) is 91.0 Å². The van der Waals surface area contributed by atoms with E-state index < -0.39 is 116 Å². The van der Waals surface area contributed by atoms with E-state index in [1.54, 1.807) is 127 Å². The van der Waals surface area contributed by atoms with E-state index in [9.17, 15) is 33.6 Å². The zero-order valence-electron chi connectivity index (χ0n) is 43.8. The first-order valence-electron chi connectivity index (χ1n) is 25.9. The Hall–Kier alpha value is -9.59. The smallest absolute Gasteiger partial charge is 0.338 e. The van der Waals surface area contributed by atoms with Gasteiger partial charge in [0, 0.05) is 0 Å². The molecule has 2 aliphatic heterocycles. The van der Waals surface area contributed by atoms with Gasteiger partial charge >= 0.3 is 41.8 Å². The number of hydrogen-bond donors (Lipinski definition) is 0. The van der Waals surface area contributed by atoms with Crippen LogP contribution in [-0.4, -0.2) is 123 Å². The monoisotopic (exact) mass is 1110 g/mol. The van der Waals surface area contributed by atoms with Crippen molar-refractivity contribution in [2.24, 2.45) is 0 Å². The van der Waals surface area contributed by atoms with Gasteiger partial charge in [-0.05, 0) is 84.9 Å². The molecule has 7 aromatic carbocycles. The molecule has 2 saturated heterocycles. The Bertz CT molecular complexity index is 3280. The summed E-state index contributed by atoms with van der Waals surface area (Å²) in [6.45, 7) is 1.27. The molecule has 0 aliphatic carbocycles. The van der Waals surface area contributed by atoms with Gasteiger partial charge in [0.25, 0.3) is 0 Å². The summed E-state index contributed by atoms with van der Waals surface area (Å²) in [7, 11) is 0. The minimum Gasteiger partial charge on any atom is -0.459 e. The molecule has 82 heavy (non-hydrogen) atoms. The van der Waals surface area contributed by atoms with Crippen LogP contribution in [-0.2, 0) is 52.1 Å². The lowest BCUT2D eigenvalue weighted by molar-refractivity contribution is -0.310. The van der Waals surface area contributed by atoms with Crippen molar-refractivity contribution >= 4 is 41.8 Å². The van der Waals surface area contributed by atoms with Gasteiger partial charge in [-0.15, -0.1) is 6.58 Å². The normalized spacial score (nSPS) is 21.8. The molecule has 18 nitrogen and oxygen atoms in total. The molecule has 18 heteroatoms. The summed E-state index contributed by atoms with van der Waals surface area (Å²) < 4.78 is 69.2. The fourth-order valence-electron chi connectivity index (χ4n) is 8.93. The Labute approximate surface area is 470 Å². The van der Waals surface area contributed by atoms with E-state index >= 15 is 0 Å². The SMILES string of the molecule is C=CCO[C@@]1(COC(=O)c2ccccc2)O[C@H](CO[C@H]2O[C@H](COC(=O)c3ccccc3)[C@@H](OC(=O)c3ccccc3)[C@H](OC(=O)c3ccccc3)[C@H]2OC(=O)c2ccccc2)[C@@H](OC(=O)c2ccccc2)[C@@H]1OC(=O)c1ccccc1. The molecule has 0 unspecified atom stereocenters. The maximum Gasteiger partial charge on any atom is 0.338 e. The molecule has 0 aromatic heterocycles. The zero-order valence-corrected chi connectivity index (χ0v) is 43.8. The molecule has 2 aliphatic rings. The standard InChI is InChI=1S/C64H54O18/c1-2-38-75-64(41-74-57(66)43-26-12-4-13-27-43)55(81-62(71)48-36-22-9-23-37-48)52(78-59(68)45-30-16-6-17-31-45)50(82-64)40-73-63-54(80-61(70)47-34-20-8-21-35-47)53(79-60(69)46-32-18-7-19-33-46)51(77-58(67)44-28-14-5-15-29-44)49(76-63)39-72-56(65)42-24-10-3-11-25-42/h2-37,49-55,63H,1,38-41H2/t49-,50-,51-,52-,53+,54-,55+,63+,64+/m1/s1. The van der Waals surface area contributed by atoms with Crippen LogP contribution >= 0.6 is 0 Å². The van der Waals surface area contributed by atoms with Gasteiger partial charge in [-0.3, -0.25) is 0 Å². The van der Waals surface area contributed by atoms with E-state index in [0.717, 1.165) is 0 Å². The van der Waals surface area contributed by atoms with Crippen LogP contribution in [0, 0.1) is 0 Å². The van der Waals surface area contributed by atoms with Gasteiger partial charge in [0.15, 0.2) is 36.8 Å². The van der Waals surface area contributed by atoms with Crippen LogP contribution in [0.4, 0.5) is 0 Å². The van der Waals surface area contributed by atoms with Crippen LogP contribution in [0.15, 0.2) is 225 Å². The van der Waals surface area contributed by atoms with E-state index in [2.05, 4.69) is 6.58 Å². The highest BCUT2D eigenvalue weighted by molar-refractivity contribution is 5.93.